The number of hydrogen-bond acceptors (Lipinski definition) is 6. The SMILES string of the molecule is CCOC(=O)[C@H](Oc1ccc2c(c1)OC(=Cc1ccccc1OC)C2=O)c1ccccc1. The highest BCUT2D eigenvalue weighted by molar-refractivity contribution is 6.14. The standard InChI is InChI=1S/C26H22O6/c1-3-30-26(28)25(17-9-5-4-6-10-17)31-19-13-14-20-22(16-19)32-23(24(20)27)15-18-11-7-8-12-21(18)29-2/h4-16,25H,3H2,1-2H3/t25-/m1/s1. The van der Waals surface area contributed by atoms with Gasteiger partial charge < -0.3 is 18.9 Å². The molecule has 32 heavy (non-hydrogen) atoms. The van der Waals surface area contributed by atoms with Crippen molar-refractivity contribution in [3.05, 3.63) is 95.2 Å². The molecule has 0 amide bonds. The highest BCUT2D eigenvalue weighted by Crippen LogP contribution is 2.37. The number of benzene rings is 3. The van der Waals surface area contributed by atoms with E-state index in [1.807, 2.05) is 42.5 Å². The third-order valence-electron chi connectivity index (χ3n) is 4.92. The molecule has 0 N–H and O–H groups in total. The van der Waals surface area contributed by atoms with Crippen LogP contribution in [0.5, 0.6) is 17.2 Å². The molecule has 3 aromatic carbocycles. The first-order chi connectivity index (χ1) is 15.6. The van der Waals surface area contributed by atoms with Gasteiger partial charge in [0.15, 0.2) is 5.76 Å². The van der Waals surface area contributed by atoms with Crippen molar-refractivity contribution in [3.8, 4) is 17.2 Å². The number of fused-ring (bicyclic) bond motifs is 1. The Bertz CT molecular complexity index is 1170. The Morgan fingerprint density at radius 2 is 1.78 bits per heavy atom. The van der Waals surface area contributed by atoms with E-state index in [-0.39, 0.29) is 18.1 Å². The van der Waals surface area contributed by atoms with Gasteiger partial charge >= 0.3 is 5.97 Å². The number of methoxy groups -OCH3 is 1. The first kappa shape index (κ1) is 21.2. The van der Waals surface area contributed by atoms with Crippen LogP contribution in [-0.2, 0) is 9.53 Å². The normalized spacial score (nSPS) is 14.4. The third kappa shape index (κ3) is 4.34. The topological polar surface area (TPSA) is 71.1 Å². The van der Waals surface area contributed by atoms with Crippen molar-refractivity contribution >= 4 is 17.8 Å². The molecule has 3 aromatic rings. The van der Waals surface area contributed by atoms with Gasteiger partial charge in [-0.1, -0.05) is 48.5 Å². The number of esters is 1. The molecule has 0 fully saturated rings. The van der Waals surface area contributed by atoms with Crippen molar-refractivity contribution in [2.75, 3.05) is 13.7 Å². The zero-order valence-corrected chi connectivity index (χ0v) is 17.7. The maximum atomic E-state index is 12.8. The van der Waals surface area contributed by atoms with Crippen LogP contribution in [0.1, 0.15) is 34.5 Å². The van der Waals surface area contributed by atoms with E-state index in [0.29, 0.717) is 28.4 Å². The molecule has 1 heterocycles. The van der Waals surface area contributed by atoms with Crippen molar-refractivity contribution in [2.45, 2.75) is 13.0 Å². The average molecular weight is 430 g/mol. The van der Waals surface area contributed by atoms with E-state index in [4.69, 9.17) is 18.9 Å². The zero-order valence-electron chi connectivity index (χ0n) is 17.7. The molecule has 0 radical (unpaired) electrons. The molecule has 0 aromatic heterocycles. The molecule has 0 saturated carbocycles. The summed E-state index contributed by atoms with van der Waals surface area (Å²) in [5.74, 6) is 0.847. The van der Waals surface area contributed by atoms with Crippen LogP contribution in [0, 0.1) is 0 Å². The smallest absolute Gasteiger partial charge is 0.352 e. The largest absolute Gasteiger partial charge is 0.496 e. The van der Waals surface area contributed by atoms with Crippen molar-refractivity contribution in [1.82, 2.24) is 0 Å². The van der Waals surface area contributed by atoms with Gasteiger partial charge in [0, 0.05) is 17.2 Å². The number of ketones is 1. The quantitative estimate of drug-likeness (QED) is 0.388. The number of allylic oxidation sites excluding steroid dienone is 1. The number of rotatable bonds is 7. The predicted octanol–water partition coefficient (Wildman–Crippen LogP) is 4.99. The third-order valence-corrected chi connectivity index (χ3v) is 4.92. The van der Waals surface area contributed by atoms with Gasteiger partial charge in [0.2, 0.25) is 11.9 Å². The van der Waals surface area contributed by atoms with Crippen LogP contribution in [-0.4, -0.2) is 25.5 Å². The van der Waals surface area contributed by atoms with Crippen LogP contribution >= 0.6 is 0 Å². The average Bonchev–Trinajstić information content (AvgIpc) is 3.13. The van der Waals surface area contributed by atoms with Crippen molar-refractivity contribution < 1.29 is 28.5 Å². The molecule has 0 bridgehead atoms. The summed E-state index contributed by atoms with van der Waals surface area (Å²) < 4.78 is 22.3. The predicted molar refractivity (Wildman–Crippen MR) is 119 cm³/mol. The summed E-state index contributed by atoms with van der Waals surface area (Å²) in [6.45, 7) is 1.98. The van der Waals surface area contributed by atoms with E-state index in [2.05, 4.69) is 0 Å². The molecule has 1 aliphatic heterocycles. The fourth-order valence-corrected chi connectivity index (χ4v) is 3.40. The van der Waals surface area contributed by atoms with E-state index < -0.39 is 12.1 Å². The van der Waals surface area contributed by atoms with E-state index in [1.165, 1.54) is 0 Å². The van der Waals surface area contributed by atoms with Crippen LogP contribution < -0.4 is 14.2 Å². The molecule has 1 aliphatic rings. The lowest BCUT2D eigenvalue weighted by atomic mass is 10.1. The number of carbonyl (C=O) groups is 2. The van der Waals surface area contributed by atoms with E-state index >= 15 is 0 Å². The molecule has 6 nitrogen and oxygen atoms in total. The molecule has 0 spiro atoms. The van der Waals surface area contributed by atoms with Crippen LogP contribution in [0.25, 0.3) is 6.08 Å². The van der Waals surface area contributed by atoms with Crippen LogP contribution in [0.3, 0.4) is 0 Å². The molecule has 0 unspecified atom stereocenters. The lowest BCUT2D eigenvalue weighted by molar-refractivity contribution is -0.151. The number of para-hydroxylation sites is 1. The summed E-state index contributed by atoms with van der Waals surface area (Å²) in [6, 6.07) is 21.3. The molecule has 6 heteroatoms. The summed E-state index contributed by atoms with van der Waals surface area (Å²) in [5, 5.41) is 0. The fraction of sp³-hybridized carbons (Fsp3) is 0.154. The van der Waals surface area contributed by atoms with Crippen LogP contribution in [0.15, 0.2) is 78.6 Å². The van der Waals surface area contributed by atoms with Gasteiger partial charge in [-0.3, -0.25) is 4.79 Å². The zero-order chi connectivity index (χ0) is 22.5. The number of ether oxygens (including phenoxy) is 4. The molecule has 162 valence electrons. The first-order valence-electron chi connectivity index (χ1n) is 10.2. The molecule has 1 atom stereocenters. The second-order valence-corrected chi connectivity index (χ2v) is 7.00. The van der Waals surface area contributed by atoms with Gasteiger partial charge in [0.1, 0.15) is 17.2 Å². The number of hydrogen-bond donors (Lipinski definition) is 0. The van der Waals surface area contributed by atoms with Gasteiger partial charge in [0.25, 0.3) is 0 Å². The van der Waals surface area contributed by atoms with Crippen molar-refractivity contribution in [1.29, 1.82) is 0 Å². The molecule has 0 saturated heterocycles. The molecule has 4 rings (SSSR count). The summed E-state index contributed by atoms with van der Waals surface area (Å²) in [5.41, 5.74) is 1.82. The van der Waals surface area contributed by atoms with Crippen molar-refractivity contribution in [2.24, 2.45) is 0 Å². The number of carbonyl (C=O) groups excluding carboxylic acids is 2. The highest BCUT2D eigenvalue weighted by Gasteiger charge is 2.30. The van der Waals surface area contributed by atoms with E-state index in [0.717, 1.165) is 5.56 Å². The molecule has 0 aliphatic carbocycles. The summed E-state index contributed by atoms with van der Waals surface area (Å²) in [4.78, 5) is 25.3. The monoisotopic (exact) mass is 430 g/mol. The summed E-state index contributed by atoms with van der Waals surface area (Å²) >= 11 is 0. The second kappa shape index (κ2) is 9.39. The van der Waals surface area contributed by atoms with Gasteiger partial charge in [-0.2, -0.15) is 0 Å². The Kier molecular flexibility index (Phi) is 6.22. The van der Waals surface area contributed by atoms with Gasteiger partial charge in [0.05, 0.1) is 19.3 Å². The molecular weight excluding hydrogens is 408 g/mol. The van der Waals surface area contributed by atoms with Gasteiger partial charge in [-0.25, -0.2) is 4.79 Å². The van der Waals surface area contributed by atoms with Crippen LogP contribution in [0.4, 0.5) is 0 Å². The minimum atomic E-state index is -0.935. The number of Topliss-reactive ketones (excluding diaryl/α,β-unsaturated/α-hetero) is 1. The maximum absolute atomic E-state index is 12.8. The van der Waals surface area contributed by atoms with Gasteiger partial charge in [-0.15, -0.1) is 0 Å². The summed E-state index contributed by atoms with van der Waals surface area (Å²) in [6.07, 6.45) is 0.711. The molecular formula is C26H22O6. The highest BCUT2D eigenvalue weighted by atomic mass is 16.6. The Balaban J connectivity index is 1.60. The summed E-state index contributed by atoms with van der Waals surface area (Å²) in [7, 11) is 1.57. The fourth-order valence-electron chi connectivity index (χ4n) is 3.40. The van der Waals surface area contributed by atoms with Crippen molar-refractivity contribution in [3.63, 3.8) is 0 Å². The van der Waals surface area contributed by atoms with Crippen LogP contribution in [0.2, 0.25) is 0 Å². The lowest BCUT2D eigenvalue weighted by Gasteiger charge is -2.18. The second-order valence-electron chi connectivity index (χ2n) is 7.00. The van der Waals surface area contributed by atoms with E-state index in [1.54, 1.807) is 50.4 Å². The van der Waals surface area contributed by atoms with E-state index in [9.17, 15) is 9.59 Å². The Labute approximate surface area is 186 Å². The maximum Gasteiger partial charge on any atom is 0.352 e. The Morgan fingerprint density at radius 3 is 2.53 bits per heavy atom. The lowest BCUT2D eigenvalue weighted by Crippen LogP contribution is -2.21. The van der Waals surface area contributed by atoms with Gasteiger partial charge in [-0.05, 0) is 31.2 Å². The minimum Gasteiger partial charge on any atom is -0.496 e. The first-order valence-corrected chi connectivity index (χ1v) is 10.2. The minimum absolute atomic E-state index is 0.187. The Morgan fingerprint density at radius 1 is 1.03 bits per heavy atom. The Hall–Kier alpha value is -4.06.